The zero-order valence-corrected chi connectivity index (χ0v) is 18.1. The van der Waals surface area contributed by atoms with Crippen molar-refractivity contribution in [2.45, 2.75) is 6.54 Å². The highest BCUT2D eigenvalue weighted by molar-refractivity contribution is 6.30. The highest BCUT2D eigenvalue weighted by Gasteiger charge is 2.17. The summed E-state index contributed by atoms with van der Waals surface area (Å²) in [6.45, 7) is -0.265. The van der Waals surface area contributed by atoms with Crippen LogP contribution < -0.4 is 10.9 Å². The van der Waals surface area contributed by atoms with Crippen molar-refractivity contribution in [3.05, 3.63) is 82.0 Å². The first kappa shape index (κ1) is 21.3. The number of ether oxygens (including phenoxy) is 1. The molecule has 0 aliphatic carbocycles. The second kappa shape index (κ2) is 8.68. The number of hydrogen-bond acceptors (Lipinski definition) is 5. The van der Waals surface area contributed by atoms with Crippen LogP contribution in [0.2, 0.25) is 5.02 Å². The number of methoxy groups -OCH3 is 1. The van der Waals surface area contributed by atoms with Crippen LogP contribution in [0.25, 0.3) is 22.2 Å². The maximum Gasteiger partial charge on any atom is 0.339 e. The molecule has 0 atom stereocenters. The number of fused-ring (bicyclic) bond motifs is 1. The molecule has 0 saturated carbocycles. The molecule has 0 unspecified atom stereocenters. The van der Waals surface area contributed by atoms with Gasteiger partial charge in [0.15, 0.2) is 0 Å². The number of carbonyl (C=O) groups is 2. The number of rotatable bonds is 5. The van der Waals surface area contributed by atoms with Crippen LogP contribution in [0.15, 0.2) is 65.8 Å². The standard InChI is InChI=1S/C23H19ClN4O4/c1-27-11-17(14-7-9-15(24)10-8-14)20-21(27)22(30)28(13-25-20)12-19(29)26-18-6-4-3-5-16(18)23(31)32-2/h3-11,13H,12H2,1-2H3,(H,26,29). The van der Waals surface area contributed by atoms with Gasteiger partial charge in [-0.3, -0.25) is 14.2 Å². The first-order valence-corrected chi connectivity index (χ1v) is 10.0. The van der Waals surface area contributed by atoms with Crippen LogP contribution in [0.4, 0.5) is 5.69 Å². The maximum atomic E-state index is 13.1. The highest BCUT2D eigenvalue weighted by Crippen LogP contribution is 2.28. The van der Waals surface area contributed by atoms with E-state index < -0.39 is 11.9 Å². The summed E-state index contributed by atoms with van der Waals surface area (Å²) in [6.07, 6.45) is 3.16. The monoisotopic (exact) mass is 450 g/mol. The first-order valence-electron chi connectivity index (χ1n) is 9.66. The number of hydrogen-bond donors (Lipinski definition) is 1. The van der Waals surface area contributed by atoms with Crippen molar-refractivity contribution in [2.75, 3.05) is 12.4 Å². The Morgan fingerprint density at radius 1 is 1.12 bits per heavy atom. The minimum absolute atomic E-state index is 0.222. The van der Waals surface area contributed by atoms with Gasteiger partial charge >= 0.3 is 5.97 Å². The molecule has 0 spiro atoms. The molecule has 2 aromatic carbocycles. The van der Waals surface area contributed by atoms with E-state index in [0.29, 0.717) is 21.7 Å². The van der Waals surface area contributed by atoms with Crippen molar-refractivity contribution in [1.82, 2.24) is 14.1 Å². The lowest BCUT2D eigenvalue weighted by atomic mass is 10.1. The zero-order chi connectivity index (χ0) is 22.8. The Balaban J connectivity index is 1.64. The van der Waals surface area contributed by atoms with Gasteiger partial charge in [0, 0.05) is 23.8 Å². The lowest BCUT2D eigenvalue weighted by Gasteiger charge is -2.10. The number of nitrogens with one attached hydrogen (secondary N) is 1. The fraction of sp³-hybridized carbons (Fsp3) is 0.130. The summed E-state index contributed by atoms with van der Waals surface area (Å²) in [5.41, 5.74) is 2.75. The van der Waals surface area contributed by atoms with Gasteiger partial charge in [-0.25, -0.2) is 9.78 Å². The molecule has 0 fully saturated rings. The second-order valence-corrected chi connectivity index (χ2v) is 7.56. The molecule has 8 nitrogen and oxygen atoms in total. The third-order valence-electron chi connectivity index (χ3n) is 5.02. The van der Waals surface area contributed by atoms with Gasteiger partial charge < -0.3 is 14.6 Å². The summed E-state index contributed by atoms with van der Waals surface area (Å²) in [6, 6.07) is 13.7. The van der Waals surface area contributed by atoms with Crippen molar-refractivity contribution < 1.29 is 14.3 Å². The summed E-state index contributed by atoms with van der Waals surface area (Å²) in [7, 11) is 3.02. The highest BCUT2D eigenvalue weighted by atomic mass is 35.5. The topological polar surface area (TPSA) is 95.2 Å². The molecule has 1 amide bonds. The van der Waals surface area contributed by atoms with Gasteiger partial charge in [0.1, 0.15) is 17.6 Å². The van der Waals surface area contributed by atoms with Gasteiger partial charge in [-0.05, 0) is 29.8 Å². The lowest BCUT2D eigenvalue weighted by Crippen LogP contribution is -2.29. The molecule has 162 valence electrons. The molecule has 0 aliphatic rings. The second-order valence-electron chi connectivity index (χ2n) is 7.12. The van der Waals surface area contributed by atoms with Crippen LogP contribution in [-0.2, 0) is 23.1 Å². The number of aryl methyl sites for hydroxylation is 1. The molecule has 32 heavy (non-hydrogen) atoms. The minimum atomic E-state index is -0.570. The van der Waals surface area contributed by atoms with Crippen LogP contribution in [0, 0.1) is 0 Å². The molecule has 2 aromatic heterocycles. The van der Waals surface area contributed by atoms with Crippen LogP contribution in [0.1, 0.15) is 10.4 Å². The molecule has 0 bridgehead atoms. The van der Waals surface area contributed by atoms with E-state index in [2.05, 4.69) is 10.3 Å². The van der Waals surface area contributed by atoms with E-state index >= 15 is 0 Å². The Labute approximate surface area is 188 Å². The SMILES string of the molecule is COC(=O)c1ccccc1NC(=O)Cn1cnc2c(-c3ccc(Cl)cc3)cn(C)c2c1=O. The van der Waals surface area contributed by atoms with Crippen molar-refractivity contribution in [3.63, 3.8) is 0 Å². The van der Waals surface area contributed by atoms with Gasteiger partial charge in [0.05, 0.1) is 24.7 Å². The van der Waals surface area contributed by atoms with Gasteiger partial charge in [-0.2, -0.15) is 0 Å². The van der Waals surface area contributed by atoms with Crippen LogP contribution in [0.5, 0.6) is 0 Å². The van der Waals surface area contributed by atoms with Crippen molar-refractivity contribution in [1.29, 1.82) is 0 Å². The summed E-state index contributed by atoms with van der Waals surface area (Å²) in [5, 5.41) is 3.27. The van der Waals surface area contributed by atoms with Crippen LogP contribution in [0.3, 0.4) is 0 Å². The minimum Gasteiger partial charge on any atom is -0.465 e. The summed E-state index contributed by atoms with van der Waals surface area (Å²) in [5.74, 6) is -1.04. The van der Waals surface area contributed by atoms with E-state index in [9.17, 15) is 14.4 Å². The smallest absolute Gasteiger partial charge is 0.339 e. The summed E-state index contributed by atoms with van der Waals surface area (Å²) < 4.78 is 7.65. The average molecular weight is 451 g/mol. The number of carbonyl (C=O) groups excluding carboxylic acids is 2. The number of aromatic nitrogens is 3. The van der Waals surface area contributed by atoms with E-state index in [0.717, 1.165) is 11.1 Å². The van der Waals surface area contributed by atoms with E-state index in [-0.39, 0.29) is 17.7 Å². The molecule has 9 heteroatoms. The van der Waals surface area contributed by atoms with Crippen molar-refractivity contribution in [3.8, 4) is 11.1 Å². The summed E-state index contributed by atoms with van der Waals surface area (Å²) in [4.78, 5) is 42.0. The first-order chi connectivity index (χ1) is 15.4. The zero-order valence-electron chi connectivity index (χ0n) is 17.3. The Kier molecular flexibility index (Phi) is 5.79. The third kappa shape index (κ3) is 4.00. The Morgan fingerprint density at radius 3 is 2.56 bits per heavy atom. The summed E-state index contributed by atoms with van der Waals surface area (Å²) >= 11 is 5.97. The number of nitrogens with zero attached hydrogens (tertiary/aromatic N) is 3. The molecule has 4 aromatic rings. The predicted octanol–water partition coefficient (Wildman–Crippen LogP) is 3.48. The number of esters is 1. The van der Waals surface area contributed by atoms with Gasteiger partial charge in [-0.15, -0.1) is 0 Å². The van der Waals surface area contributed by atoms with Crippen LogP contribution >= 0.6 is 11.6 Å². The van der Waals surface area contributed by atoms with Crippen LogP contribution in [-0.4, -0.2) is 33.1 Å². The Bertz CT molecular complexity index is 1390. The molecule has 0 saturated heterocycles. The van der Waals surface area contributed by atoms with E-state index in [1.165, 1.54) is 18.0 Å². The molecule has 1 N–H and O–H groups in total. The molecule has 2 heterocycles. The largest absolute Gasteiger partial charge is 0.465 e. The molecule has 4 rings (SSSR count). The molecular formula is C23H19ClN4O4. The average Bonchev–Trinajstić information content (AvgIpc) is 3.13. The molecule has 0 aliphatic heterocycles. The number of para-hydroxylation sites is 1. The fourth-order valence-electron chi connectivity index (χ4n) is 3.49. The Morgan fingerprint density at radius 2 is 1.84 bits per heavy atom. The van der Waals surface area contributed by atoms with E-state index in [1.807, 2.05) is 18.3 Å². The molecular weight excluding hydrogens is 432 g/mol. The van der Waals surface area contributed by atoms with Gasteiger partial charge in [-0.1, -0.05) is 35.9 Å². The quantitative estimate of drug-likeness (QED) is 0.470. The number of halogens is 1. The fourth-order valence-corrected chi connectivity index (χ4v) is 3.62. The maximum absolute atomic E-state index is 13.1. The van der Waals surface area contributed by atoms with E-state index in [1.54, 1.807) is 48.0 Å². The molecule has 0 radical (unpaired) electrons. The Hall–Kier alpha value is -3.91. The normalized spacial score (nSPS) is 10.8. The number of anilines is 1. The number of amides is 1. The number of benzene rings is 2. The van der Waals surface area contributed by atoms with E-state index in [4.69, 9.17) is 16.3 Å². The van der Waals surface area contributed by atoms with Gasteiger partial charge in [0.2, 0.25) is 5.91 Å². The van der Waals surface area contributed by atoms with Gasteiger partial charge in [0.25, 0.3) is 5.56 Å². The third-order valence-corrected chi connectivity index (χ3v) is 5.27. The predicted molar refractivity (Wildman–Crippen MR) is 122 cm³/mol. The lowest BCUT2D eigenvalue weighted by molar-refractivity contribution is -0.116. The van der Waals surface area contributed by atoms with Crippen molar-refractivity contribution in [2.24, 2.45) is 7.05 Å². The van der Waals surface area contributed by atoms with Crippen molar-refractivity contribution >= 4 is 40.2 Å².